The number of aliphatic hydroxyl groups excluding tert-OH is 2. The van der Waals surface area contributed by atoms with Crippen molar-refractivity contribution in [2.24, 2.45) is 0 Å². The summed E-state index contributed by atoms with van der Waals surface area (Å²) in [5.74, 6) is 1.49. The molecule has 3 rings (SSSR count). The van der Waals surface area contributed by atoms with E-state index in [1.165, 1.54) is 0 Å². The predicted octanol–water partition coefficient (Wildman–Crippen LogP) is 5.29. The molecule has 4 nitrogen and oxygen atoms in total. The fourth-order valence-corrected chi connectivity index (χ4v) is 3.84. The highest BCUT2D eigenvalue weighted by molar-refractivity contribution is 7.99. The number of benzene rings is 3. The fraction of sp³-hybridized carbons (Fsp3) is 0.333. The van der Waals surface area contributed by atoms with Crippen molar-refractivity contribution in [1.82, 2.24) is 0 Å². The summed E-state index contributed by atoms with van der Waals surface area (Å²) >= 11 is 1.64. The minimum atomic E-state index is -0.485. The molecule has 3 aromatic carbocycles. The molecule has 0 aliphatic heterocycles. The normalized spacial score (nSPS) is 13.2. The van der Waals surface area contributed by atoms with Crippen LogP contribution in [0.5, 0.6) is 11.5 Å². The van der Waals surface area contributed by atoms with E-state index in [4.69, 9.17) is 9.47 Å². The van der Waals surface area contributed by atoms with Crippen LogP contribution >= 0.6 is 11.8 Å². The topological polar surface area (TPSA) is 58.9 Å². The summed E-state index contributed by atoms with van der Waals surface area (Å²) in [6.45, 7) is 4.41. The number of hydrogen-bond donors (Lipinski definition) is 2. The second-order valence-corrected chi connectivity index (χ2v) is 8.02. The van der Waals surface area contributed by atoms with Crippen LogP contribution in [0.2, 0.25) is 0 Å². The molecule has 154 valence electrons. The number of rotatable bonds is 10. The maximum atomic E-state index is 9.90. The lowest BCUT2D eigenvalue weighted by molar-refractivity contribution is 0.103. The average Bonchev–Trinajstić information content (AvgIpc) is 2.77. The second kappa shape index (κ2) is 10.5. The summed E-state index contributed by atoms with van der Waals surface area (Å²) in [5.41, 5.74) is 0. The molecule has 0 radical (unpaired) electrons. The number of fused-ring (bicyclic) bond motifs is 1. The van der Waals surface area contributed by atoms with E-state index in [1.54, 1.807) is 11.8 Å². The Balaban J connectivity index is 1.93. The van der Waals surface area contributed by atoms with Gasteiger partial charge < -0.3 is 19.7 Å². The van der Waals surface area contributed by atoms with Gasteiger partial charge in [0.25, 0.3) is 0 Å². The molecule has 0 bridgehead atoms. The van der Waals surface area contributed by atoms with Gasteiger partial charge in [-0.2, -0.15) is 0 Å². The first-order chi connectivity index (χ1) is 14.1. The first kappa shape index (κ1) is 21.5. The summed E-state index contributed by atoms with van der Waals surface area (Å²) in [5, 5.41) is 21.7. The van der Waals surface area contributed by atoms with E-state index in [2.05, 4.69) is 12.1 Å². The zero-order chi connectivity index (χ0) is 20.6. The van der Waals surface area contributed by atoms with Crippen molar-refractivity contribution in [1.29, 1.82) is 0 Å². The fourth-order valence-electron chi connectivity index (χ4n) is 2.79. The molecule has 0 saturated carbocycles. The van der Waals surface area contributed by atoms with Gasteiger partial charge in [0.1, 0.15) is 24.7 Å². The Kier molecular flexibility index (Phi) is 7.81. The summed E-state index contributed by atoms with van der Waals surface area (Å²) in [6.07, 6.45) is 0.367. The lowest BCUT2D eigenvalue weighted by Crippen LogP contribution is -2.16. The molecule has 0 fully saturated rings. The molecular weight excluding hydrogens is 384 g/mol. The molecule has 2 unspecified atom stereocenters. The highest BCUT2D eigenvalue weighted by Gasteiger charge is 2.13. The van der Waals surface area contributed by atoms with Gasteiger partial charge in [-0.3, -0.25) is 0 Å². The zero-order valence-corrected chi connectivity index (χ0v) is 17.7. The Morgan fingerprint density at radius 2 is 1.52 bits per heavy atom. The van der Waals surface area contributed by atoms with Crippen molar-refractivity contribution < 1.29 is 19.7 Å². The van der Waals surface area contributed by atoms with E-state index in [0.29, 0.717) is 12.8 Å². The van der Waals surface area contributed by atoms with Crippen LogP contribution in [0, 0.1) is 0 Å². The molecule has 0 aliphatic carbocycles. The molecule has 0 heterocycles. The molecule has 2 N–H and O–H groups in total. The zero-order valence-electron chi connectivity index (χ0n) is 16.9. The molecule has 0 spiro atoms. The van der Waals surface area contributed by atoms with E-state index in [9.17, 15) is 10.2 Å². The van der Waals surface area contributed by atoms with Crippen molar-refractivity contribution in [2.45, 2.75) is 48.7 Å². The van der Waals surface area contributed by atoms with Gasteiger partial charge in [0.2, 0.25) is 0 Å². The van der Waals surface area contributed by atoms with Crippen LogP contribution in [0.4, 0.5) is 0 Å². The van der Waals surface area contributed by atoms with E-state index >= 15 is 0 Å². The number of hydrogen-bond acceptors (Lipinski definition) is 5. The molecule has 29 heavy (non-hydrogen) atoms. The monoisotopic (exact) mass is 412 g/mol. The van der Waals surface area contributed by atoms with Crippen LogP contribution in [0.3, 0.4) is 0 Å². The van der Waals surface area contributed by atoms with Crippen LogP contribution in [0.15, 0.2) is 70.5 Å². The predicted molar refractivity (Wildman–Crippen MR) is 118 cm³/mol. The van der Waals surface area contributed by atoms with Gasteiger partial charge in [0, 0.05) is 4.90 Å². The third-order valence-electron chi connectivity index (χ3n) is 4.68. The molecule has 0 amide bonds. The summed E-state index contributed by atoms with van der Waals surface area (Å²) in [7, 11) is 0. The molecule has 2 atom stereocenters. The Morgan fingerprint density at radius 3 is 2.21 bits per heavy atom. The van der Waals surface area contributed by atoms with Crippen molar-refractivity contribution in [3.63, 3.8) is 0 Å². The summed E-state index contributed by atoms with van der Waals surface area (Å²) in [6, 6.07) is 20.0. The Hall–Kier alpha value is -2.21. The van der Waals surface area contributed by atoms with Gasteiger partial charge in [-0.15, -0.1) is 0 Å². The third-order valence-corrected chi connectivity index (χ3v) is 5.82. The minimum Gasteiger partial charge on any atom is -0.491 e. The van der Waals surface area contributed by atoms with Crippen LogP contribution in [0.1, 0.15) is 26.7 Å². The van der Waals surface area contributed by atoms with E-state index in [-0.39, 0.29) is 13.2 Å². The highest BCUT2D eigenvalue weighted by Crippen LogP contribution is 2.41. The van der Waals surface area contributed by atoms with Crippen LogP contribution in [-0.4, -0.2) is 35.6 Å². The molecule has 0 aliphatic rings. The number of ether oxygens (including phenoxy) is 2. The number of aliphatic hydroxyl groups is 2. The van der Waals surface area contributed by atoms with Crippen molar-refractivity contribution >= 4 is 22.5 Å². The maximum Gasteiger partial charge on any atom is 0.134 e. The van der Waals surface area contributed by atoms with Gasteiger partial charge in [-0.25, -0.2) is 0 Å². The van der Waals surface area contributed by atoms with Gasteiger partial charge in [-0.05, 0) is 60.0 Å². The van der Waals surface area contributed by atoms with Crippen molar-refractivity contribution in [3.05, 3.63) is 60.7 Å². The van der Waals surface area contributed by atoms with Crippen molar-refractivity contribution in [2.75, 3.05) is 13.2 Å². The van der Waals surface area contributed by atoms with Gasteiger partial charge in [0.15, 0.2) is 0 Å². The van der Waals surface area contributed by atoms with E-state index < -0.39 is 12.2 Å². The first-order valence-corrected chi connectivity index (χ1v) is 10.8. The SMILES string of the molecule is CCC(O)COc1ccc2c(Sc3ccccc3)c(OCC(O)CC)ccc2c1. The van der Waals surface area contributed by atoms with Gasteiger partial charge in [-0.1, -0.05) is 49.9 Å². The maximum absolute atomic E-state index is 9.90. The molecule has 0 aromatic heterocycles. The van der Waals surface area contributed by atoms with E-state index in [0.717, 1.165) is 32.1 Å². The van der Waals surface area contributed by atoms with Gasteiger partial charge in [0.05, 0.1) is 17.1 Å². The smallest absolute Gasteiger partial charge is 0.134 e. The molecular formula is C24H28O4S. The second-order valence-electron chi connectivity index (χ2n) is 6.94. The minimum absolute atomic E-state index is 0.264. The lowest BCUT2D eigenvalue weighted by atomic mass is 10.1. The van der Waals surface area contributed by atoms with Gasteiger partial charge >= 0.3 is 0 Å². The first-order valence-electron chi connectivity index (χ1n) is 10.0. The molecule has 5 heteroatoms. The average molecular weight is 413 g/mol. The van der Waals surface area contributed by atoms with Crippen molar-refractivity contribution in [3.8, 4) is 11.5 Å². The Labute approximate surface area is 176 Å². The quantitative estimate of drug-likeness (QED) is 0.474. The van der Waals surface area contributed by atoms with E-state index in [1.807, 2.05) is 62.4 Å². The molecule has 0 saturated heterocycles. The van der Waals surface area contributed by atoms with Crippen LogP contribution in [-0.2, 0) is 0 Å². The largest absolute Gasteiger partial charge is 0.491 e. The summed E-state index contributed by atoms with van der Waals surface area (Å²) in [4.78, 5) is 2.13. The van der Waals surface area contributed by atoms with Crippen LogP contribution < -0.4 is 9.47 Å². The Bertz CT molecular complexity index is 913. The summed E-state index contributed by atoms with van der Waals surface area (Å²) < 4.78 is 11.7. The highest BCUT2D eigenvalue weighted by atomic mass is 32.2. The molecule has 3 aromatic rings. The lowest BCUT2D eigenvalue weighted by Gasteiger charge is -2.17. The van der Waals surface area contributed by atoms with Crippen LogP contribution in [0.25, 0.3) is 10.8 Å². The standard InChI is InChI=1S/C24H28O4S/c1-3-18(25)15-27-20-11-12-22-17(14-20)10-13-23(28-16-19(26)4-2)24(22)29-21-8-6-5-7-9-21/h5-14,18-19,25-26H,3-4,15-16H2,1-2H3. The Morgan fingerprint density at radius 1 is 0.828 bits per heavy atom. The third kappa shape index (κ3) is 5.89.